The van der Waals surface area contributed by atoms with Crippen LogP contribution in [0.3, 0.4) is 0 Å². The minimum Gasteiger partial charge on any atom is -0.464 e. The van der Waals surface area contributed by atoms with Crippen LogP contribution in [0, 0.1) is 0 Å². The first-order chi connectivity index (χ1) is 13.1. The highest BCUT2D eigenvalue weighted by Gasteiger charge is 2.44. The molecule has 0 saturated heterocycles. The monoisotopic (exact) mass is 363 g/mol. The van der Waals surface area contributed by atoms with E-state index in [9.17, 15) is 14.4 Å². The van der Waals surface area contributed by atoms with E-state index < -0.39 is 5.54 Å². The summed E-state index contributed by atoms with van der Waals surface area (Å²) < 4.78 is 5.19. The molecule has 0 unspecified atom stereocenters. The van der Waals surface area contributed by atoms with Crippen molar-refractivity contribution in [3.63, 3.8) is 0 Å². The Kier molecular flexibility index (Phi) is 4.30. The van der Waals surface area contributed by atoms with Crippen molar-refractivity contribution in [2.24, 2.45) is 0 Å². The van der Waals surface area contributed by atoms with E-state index in [4.69, 9.17) is 4.74 Å². The Morgan fingerprint density at radius 3 is 2.37 bits per heavy atom. The fourth-order valence-electron chi connectivity index (χ4n) is 4.09. The van der Waals surface area contributed by atoms with Gasteiger partial charge in [0.25, 0.3) is 5.91 Å². The number of fused-ring (bicyclic) bond motifs is 3. The number of hydrogen-bond acceptors (Lipinski definition) is 4. The zero-order valence-corrected chi connectivity index (χ0v) is 15.2. The third-order valence-corrected chi connectivity index (χ3v) is 5.46. The molecule has 1 fully saturated rings. The molecule has 1 saturated carbocycles. The Labute approximate surface area is 157 Å². The molecule has 2 aromatic rings. The second-order valence-electron chi connectivity index (χ2n) is 7.10. The Morgan fingerprint density at radius 1 is 1.00 bits per heavy atom. The van der Waals surface area contributed by atoms with Crippen molar-refractivity contribution in [3.8, 4) is 11.1 Å². The standard InChI is InChI=1S/C22H21NO4/c1-2-27-21(26)22(11-5-6-12-22)23-20(25)14-9-10-16-15-7-3-4-8-17(15)19(24)18(16)13-14/h3-4,7-10,13H,2,5-6,11-12H2,1H3,(H,23,25). The number of ether oxygens (including phenoxy) is 1. The molecular formula is C22H21NO4. The fourth-order valence-corrected chi connectivity index (χ4v) is 4.09. The summed E-state index contributed by atoms with van der Waals surface area (Å²) >= 11 is 0. The molecule has 2 aliphatic carbocycles. The van der Waals surface area contributed by atoms with Crippen molar-refractivity contribution in [3.05, 3.63) is 59.2 Å². The van der Waals surface area contributed by atoms with Gasteiger partial charge in [0.1, 0.15) is 5.54 Å². The highest BCUT2D eigenvalue weighted by Crippen LogP contribution is 2.37. The number of amides is 1. The Balaban J connectivity index is 1.62. The first-order valence-corrected chi connectivity index (χ1v) is 9.33. The third kappa shape index (κ3) is 2.83. The zero-order valence-electron chi connectivity index (χ0n) is 15.2. The molecule has 0 spiro atoms. The van der Waals surface area contributed by atoms with Crippen molar-refractivity contribution >= 4 is 17.7 Å². The van der Waals surface area contributed by atoms with Crippen LogP contribution >= 0.6 is 0 Å². The largest absolute Gasteiger partial charge is 0.464 e. The molecule has 5 nitrogen and oxygen atoms in total. The van der Waals surface area contributed by atoms with Crippen LogP contribution in [-0.4, -0.2) is 29.8 Å². The van der Waals surface area contributed by atoms with E-state index in [1.165, 1.54) is 0 Å². The lowest BCUT2D eigenvalue weighted by atomic mass is 9.96. The Bertz CT molecular complexity index is 941. The Hall–Kier alpha value is -2.95. The summed E-state index contributed by atoms with van der Waals surface area (Å²) in [6, 6.07) is 12.6. The van der Waals surface area contributed by atoms with E-state index in [-0.39, 0.29) is 24.3 Å². The fraction of sp³-hybridized carbons (Fsp3) is 0.318. The second-order valence-corrected chi connectivity index (χ2v) is 7.10. The molecule has 0 bridgehead atoms. The maximum Gasteiger partial charge on any atom is 0.331 e. The van der Waals surface area contributed by atoms with Crippen molar-refractivity contribution < 1.29 is 19.1 Å². The van der Waals surface area contributed by atoms with Crippen LogP contribution in [0.15, 0.2) is 42.5 Å². The van der Waals surface area contributed by atoms with Gasteiger partial charge in [-0.1, -0.05) is 43.2 Å². The lowest BCUT2D eigenvalue weighted by Gasteiger charge is -2.27. The molecule has 2 aromatic carbocycles. The normalized spacial score (nSPS) is 16.6. The van der Waals surface area contributed by atoms with E-state index in [1.54, 1.807) is 31.2 Å². The molecule has 5 heteroatoms. The van der Waals surface area contributed by atoms with Crippen molar-refractivity contribution in [2.75, 3.05) is 6.61 Å². The van der Waals surface area contributed by atoms with Gasteiger partial charge in [0.2, 0.25) is 0 Å². The predicted octanol–water partition coefficient (Wildman–Crippen LogP) is 3.50. The highest BCUT2D eigenvalue weighted by atomic mass is 16.5. The molecular weight excluding hydrogens is 342 g/mol. The van der Waals surface area contributed by atoms with Crippen LogP contribution in [-0.2, 0) is 9.53 Å². The van der Waals surface area contributed by atoms with Gasteiger partial charge in [-0.05, 0) is 43.0 Å². The minimum absolute atomic E-state index is 0.0729. The van der Waals surface area contributed by atoms with E-state index in [1.807, 2.05) is 18.2 Å². The van der Waals surface area contributed by atoms with Crippen LogP contribution < -0.4 is 5.32 Å². The first-order valence-electron chi connectivity index (χ1n) is 9.33. The van der Waals surface area contributed by atoms with Gasteiger partial charge in [0, 0.05) is 16.7 Å². The van der Waals surface area contributed by atoms with Gasteiger partial charge in [0.15, 0.2) is 5.78 Å². The number of benzene rings is 2. The van der Waals surface area contributed by atoms with Crippen molar-refractivity contribution in [1.29, 1.82) is 0 Å². The second kappa shape index (κ2) is 6.65. The summed E-state index contributed by atoms with van der Waals surface area (Å²) in [5, 5.41) is 2.90. The van der Waals surface area contributed by atoms with Crippen LogP contribution in [0.25, 0.3) is 11.1 Å². The summed E-state index contributed by atoms with van der Waals surface area (Å²) in [7, 11) is 0. The maximum atomic E-state index is 12.9. The molecule has 1 N–H and O–H groups in total. The summed E-state index contributed by atoms with van der Waals surface area (Å²) in [6.45, 7) is 2.04. The van der Waals surface area contributed by atoms with E-state index >= 15 is 0 Å². The third-order valence-electron chi connectivity index (χ3n) is 5.46. The van der Waals surface area contributed by atoms with Crippen molar-refractivity contribution in [1.82, 2.24) is 5.32 Å². The quantitative estimate of drug-likeness (QED) is 0.720. The van der Waals surface area contributed by atoms with Crippen LogP contribution in [0.1, 0.15) is 58.9 Å². The predicted molar refractivity (Wildman–Crippen MR) is 101 cm³/mol. The summed E-state index contributed by atoms with van der Waals surface area (Å²) in [4.78, 5) is 38.0. The molecule has 27 heavy (non-hydrogen) atoms. The van der Waals surface area contributed by atoms with Crippen LogP contribution in [0.4, 0.5) is 0 Å². The molecule has 0 aromatic heterocycles. The molecule has 1 amide bonds. The number of nitrogens with one attached hydrogen (secondary N) is 1. The van der Waals surface area contributed by atoms with Gasteiger partial charge < -0.3 is 10.1 Å². The maximum absolute atomic E-state index is 12.9. The molecule has 2 aliphatic rings. The van der Waals surface area contributed by atoms with Gasteiger partial charge in [-0.2, -0.15) is 0 Å². The number of carbonyl (C=O) groups is 3. The van der Waals surface area contributed by atoms with Gasteiger partial charge in [-0.3, -0.25) is 9.59 Å². The Morgan fingerprint density at radius 2 is 1.67 bits per heavy atom. The molecule has 0 radical (unpaired) electrons. The molecule has 0 atom stereocenters. The molecule has 0 heterocycles. The van der Waals surface area contributed by atoms with E-state index in [2.05, 4.69) is 5.32 Å². The molecule has 4 rings (SSSR count). The topological polar surface area (TPSA) is 72.5 Å². The summed E-state index contributed by atoms with van der Waals surface area (Å²) in [5.41, 5.74) is 2.34. The lowest BCUT2D eigenvalue weighted by Crippen LogP contribution is -2.53. The SMILES string of the molecule is CCOC(=O)C1(NC(=O)c2ccc3c(c2)C(=O)c2ccccc2-3)CCCC1. The summed E-state index contributed by atoms with van der Waals surface area (Å²) in [6.07, 6.45) is 2.90. The van der Waals surface area contributed by atoms with Crippen molar-refractivity contribution in [2.45, 2.75) is 38.1 Å². The molecule has 0 aliphatic heterocycles. The smallest absolute Gasteiger partial charge is 0.331 e. The van der Waals surface area contributed by atoms with Crippen LogP contribution in [0.2, 0.25) is 0 Å². The zero-order chi connectivity index (χ0) is 19.0. The number of esters is 1. The number of rotatable bonds is 4. The molecule has 138 valence electrons. The first kappa shape index (κ1) is 17.5. The van der Waals surface area contributed by atoms with E-state index in [0.717, 1.165) is 24.0 Å². The average Bonchev–Trinajstić information content (AvgIpc) is 3.27. The summed E-state index contributed by atoms with van der Waals surface area (Å²) in [5.74, 6) is -0.798. The van der Waals surface area contributed by atoms with E-state index in [0.29, 0.717) is 29.5 Å². The average molecular weight is 363 g/mol. The number of carbonyl (C=O) groups excluding carboxylic acids is 3. The van der Waals surface area contributed by atoms with Crippen LogP contribution in [0.5, 0.6) is 0 Å². The number of hydrogen-bond donors (Lipinski definition) is 1. The lowest BCUT2D eigenvalue weighted by molar-refractivity contribution is -0.150. The number of ketones is 1. The van der Waals surface area contributed by atoms with Gasteiger partial charge in [-0.25, -0.2) is 4.79 Å². The highest BCUT2D eigenvalue weighted by molar-refractivity contribution is 6.22. The minimum atomic E-state index is -0.959. The van der Waals surface area contributed by atoms with Gasteiger partial charge in [-0.15, -0.1) is 0 Å². The van der Waals surface area contributed by atoms with Gasteiger partial charge in [0.05, 0.1) is 6.61 Å². The van der Waals surface area contributed by atoms with Gasteiger partial charge >= 0.3 is 5.97 Å².